The van der Waals surface area contributed by atoms with Crippen LogP contribution < -0.4 is 0 Å². The Morgan fingerprint density at radius 3 is 2.07 bits per heavy atom. The van der Waals surface area contributed by atoms with Crippen LogP contribution in [-0.4, -0.2) is 38.0 Å². The second kappa shape index (κ2) is 11.5. The number of hydrogen-bond donors (Lipinski definition) is 1. The topological polar surface area (TPSA) is 122 Å². The number of benzene rings is 3. The first kappa shape index (κ1) is 30.0. The molecule has 1 N–H and O–H groups in total. The lowest BCUT2D eigenvalue weighted by molar-refractivity contribution is -0.153. The molecular weight excluding hydrogens is 583 g/mol. The number of sulfonamides is 1. The highest BCUT2D eigenvalue weighted by molar-refractivity contribution is 7.92. The van der Waals surface area contributed by atoms with Gasteiger partial charge in [0.25, 0.3) is 0 Å². The first-order valence-corrected chi connectivity index (χ1v) is 15.1. The molecule has 1 aromatic heterocycles. The summed E-state index contributed by atoms with van der Waals surface area (Å²) in [5, 5.41) is 8.89. The molecule has 0 amide bonds. The fourth-order valence-corrected chi connectivity index (χ4v) is 6.47. The van der Waals surface area contributed by atoms with Crippen molar-refractivity contribution in [2.75, 3.05) is 5.75 Å². The van der Waals surface area contributed by atoms with Crippen molar-refractivity contribution in [3.63, 3.8) is 0 Å². The number of aryl methyl sites for hydroxylation is 1. The van der Waals surface area contributed by atoms with Gasteiger partial charge in [0.1, 0.15) is 5.76 Å². The quantitative estimate of drug-likeness (QED) is 0.252. The van der Waals surface area contributed by atoms with Gasteiger partial charge in [0.05, 0.1) is 16.3 Å². The first-order valence-electron chi connectivity index (χ1n) is 12.0. The molecule has 4 rings (SSSR count). The fraction of sp³-hybridized carbons (Fsp3) is 0.179. The zero-order valence-electron chi connectivity index (χ0n) is 21.5. The van der Waals surface area contributed by atoms with Crippen LogP contribution in [-0.2, 0) is 43.9 Å². The van der Waals surface area contributed by atoms with Crippen LogP contribution in [0.2, 0.25) is 0 Å². The molecule has 216 valence electrons. The van der Waals surface area contributed by atoms with Gasteiger partial charge in [0, 0.05) is 6.54 Å². The number of rotatable bonds is 10. The van der Waals surface area contributed by atoms with Crippen molar-refractivity contribution in [1.29, 1.82) is 0 Å². The first-order chi connectivity index (χ1) is 19.1. The highest BCUT2D eigenvalue weighted by atomic mass is 32.2. The van der Waals surface area contributed by atoms with Crippen LogP contribution in [0.3, 0.4) is 0 Å². The third-order valence-electron chi connectivity index (χ3n) is 6.08. The van der Waals surface area contributed by atoms with Gasteiger partial charge < -0.3 is 9.52 Å². The van der Waals surface area contributed by atoms with E-state index in [0.717, 1.165) is 22.0 Å². The minimum Gasteiger partial charge on any atom is -0.480 e. The number of halogens is 3. The van der Waals surface area contributed by atoms with E-state index in [4.69, 9.17) is 9.52 Å². The predicted octanol–water partition coefficient (Wildman–Crippen LogP) is 5.52. The van der Waals surface area contributed by atoms with E-state index >= 15 is 0 Å². The summed E-state index contributed by atoms with van der Waals surface area (Å²) in [5.41, 5.74) is 2.39. The van der Waals surface area contributed by atoms with E-state index < -0.39 is 50.1 Å². The van der Waals surface area contributed by atoms with E-state index in [1.807, 2.05) is 0 Å². The third-order valence-corrected chi connectivity index (χ3v) is 9.49. The third kappa shape index (κ3) is 7.23. The Kier molecular flexibility index (Phi) is 8.43. The van der Waals surface area contributed by atoms with Crippen LogP contribution in [0.1, 0.15) is 22.6 Å². The van der Waals surface area contributed by atoms with Gasteiger partial charge in [-0.2, -0.15) is 17.5 Å². The summed E-state index contributed by atoms with van der Waals surface area (Å²) in [4.78, 5) is 10.7. The van der Waals surface area contributed by atoms with E-state index in [1.54, 1.807) is 49.4 Å². The smallest absolute Gasteiger partial charge is 0.449 e. The van der Waals surface area contributed by atoms with Crippen molar-refractivity contribution in [1.82, 2.24) is 4.31 Å². The van der Waals surface area contributed by atoms with Gasteiger partial charge in [-0.3, -0.25) is 4.79 Å². The normalized spacial score (nSPS) is 12.5. The number of sulfone groups is 1. The monoisotopic (exact) mass is 607 g/mol. The van der Waals surface area contributed by atoms with Gasteiger partial charge >= 0.3 is 12.1 Å². The lowest BCUT2D eigenvalue weighted by Gasteiger charge is -2.22. The number of alkyl halides is 3. The molecule has 0 bridgehead atoms. The van der Waals surface area contributed by atoms with Gasteiger partial charge in [0.2, 0.25) is 15.8 Å². The summed E-state index contributed by atoms with van der Waals surface area (Å²) < 4.78 is 96.8. The second-order valence-corrected chi connectivity index (χ2v) is 13.2. The summed E-state index contributed by atoms with van der Waals surface area (Å²) >= 11 is 0. The van der Waals surface area contributed by atoms with Crippen LogP contribution in [0.5, 0.6) is 0 Å². The molecule has 0 saturated carbocycles. The van der Waals surface area contributed by atoms with Crippen molar-refractivity contribution in [3.8, 4) is 11.1 Å². The average molecular weight is 608 g/mol. The van der Waals surface area contributed by atoms with Crippen LogP contribution >= 0.6 is 0 Å². The van der Waals surface area contributed by atoms with Crippen molar-refractivity contribution < 1.29 is 44.3 Å². The highest BCUT2D eigenvalue weighted by Crippen LogP contribution is 2.32. The molecule has 0 aliphatic rings. The number of carbonyl (C=O) groups is 1. The Morgan fingerprint density at radius 1 is 0.829 bits per heavy atom. The molecule has 0 aliphatic heterocycles. The van der Waals surface area contributed by atoms with Gasteiger partial charge in [-0.25, -0.2) is 16.8 Å². The minimum atomic E-state index is -4.72. The number of furan rings is 1. The molecule has 0 atom stereocenters. The summed E-state index contributed by atoms with van der Waals surface area (Å²) in [6.45, 7) is 1.12. The zero-order chi connectivity index (χ0) is 30.0. The van der Waals surface area contributed by atoms with Crippen LogP contribution in [0.15, 0.2) is 99.1 Å². The van der Waals surface area contributed by atoms with Crippen LogP contribution in [0, 0.1) is 6.92 Å². The van der Waals surface area contributed by atoms with E-state index in [9.17, 15) is 34.8 Å². The standard InChI is InChI=1S/C28H24F3NO7S2/c1-19-5-12-24(13-6-19)41(37,38)32(17-23-11-14-26(39-23)28(29,30)31)16-20-7-9-21(10-8-20)22-3-2-4-25(15-22)40(35,36)18-27(33)34/h2-15H,16-18H2,1H3,(H,33,34). The number of aliphatic carboxylic acids is 1. The van der Waals surface area contributed by atoms with E-state index in [0.29, 0.717) is 16.7 Å². The number of carboxylic acid groups (broad SMARTS) is 1. The summed E-state index contributed by atoms with van der Waals surface area (Å²) in [6, 6.07) is 20.1. The second-order valence-electron chi connectivity index (χ2n) is 9.23. The highest BCUT2D eigenvalue weighted by Gasteiger charge is 2.35. The molecule has 0 aliphatic carbocycles. The van der Waals surface area contributed by atoms with E-state index in [-0.39, 0.29) is 22.1 Å². The fourth-order valence-electron chi connectivity index (χ4n) is 4.00. The molecular formula is C28H24F3NO7S2. The summed E-state index contributed by atoms with van der Waals surface area (Å²) in [6.07, 6.45) is -4.72. The largest absolute Gasteiger partial charge is 0.480 e. The number of hydrogen-bond acceptors (Lipinski definition) is 6. The Bertz CT molecular complexity index is 1760. The molecule has 0 spiro atoms. The molecule has 1 heterocycles. The molecule has 8 nitrogen and oxygen atoms in total. The average Bonchev–Trinajstić information content (AvgIpc) is 3.38. The number of nitrogens with zero attached hydrogens (tertiary/aromatic N) is 1. The predicted molar refractivity (Wildman–Crippen MR) is 143 cm³/mol. The van der Waals surface area contributed by atoms with Gasteiger partial charge in [-0.05, 0) is 60.0 Å². The maximum Gasteiger partial charge on any atom is 0.449 e. The van der Waals surface area contributed by atoms with Crippen LogP contribution in [0.4, 0.5) is 13.2 Å². The Labute approximate surface area is 234 Å². The van der Waals surface area contributed by atoms with Crippen molar-refractivity contribution >= 4 is 25.8 Å². The molecule has 41 heavy (non-hydrogen) atoms. The van der Waals surface area contributed by atoms with Gasteiger partial charge in [0.15, 0.2) is 15.6 Å². The maximum atomic E-state index is 13.5. The molecule has 4 aromatic rings. The molecule has 3 aromatic carbocycles. The Morgan fingerprint density at radius 2 is 1.49 bits per heavy atom. The Balaban J connectivity index is 1.63. The SMILES string of the molecule is Cc1ccc(S(=O)(=O)N(Cc2ccc(-c3cccc(S(=O)(=O)CC(=O)O)c3)cc2)Cc2ccc(C(F)(F)F)o2)cc1. The minimum absolute atomic E-state index is 0.0401. The zero-order valence-corrected chi connectivity index (χ0v) is 23.1. The summed E-state index contributed by atoms with van der Waals surface area (Å²) in [5.74, 6) is -3.96. The number of carboxylic acids is 1. The lowest BCUT2D eigenvalue weighted by atomic mass is 10.0. The van der Waals surface area contributed by atoms with E-state index in [1.165, 1.54) is 30.3 Å². The molecule has 0 radical (unpaired) electrons. The Hall–Kier alpha value is -3.94. The van der Waals surface area contributed by atoms with Crippen LogP contribution in [0.25, 0.3) is 11.1 Å². The lowest BCUT2D eigenvalue weighted by Crippen LogP contribution is -2.30. The molecule has 0 saturated heterocycles. The van der Waals surface area contributed by atoms with Crippen molar-refractivity contribution in [2.45, 2.75) is 36.0 Å². The van der Waals surface area contributed by atoms with Gasteiger partial charge in [-0.15, -0.1) is 0 Å². The van der Waals surface area contributed by atoms with E-state index in [2.05, 4.69) is 0 Å². The molecule has 13 heteroatoms. The maximum absolute atomic E-state index is 13.5. The molecule has 0 unspecified atom stereocenters. The van der Waals surface area contributed by atoms with Gasteiger partial charge in [-0.1, -0.05) is 54.1 Å². The molecule has 0 fully saturated rings. The van der Waals surface area contributed by atoms with Crippen molar-refractivity contribution in [3.05, 3.63) is 108 Å². The summed E-state index contributed by atoms with van der Waals surface area (Å²) in [7, 11) is -8.21. The van der Waals surface area contributed by atoms with Crippen molar-refractivity contribution in [2.24, 2.45) is 0 Å².